The predicted octanol–water partition coefficient (Wildman–Crippen LogP) is 3.45. The number of hydrogen-bond acceptors (Lipinski definition) is 3. The number of carboxylic acids is 1. The molecule has 0 unspecified atom stereocenters. The van der Waals surface area contributed by atoms with Crippen molar-refractivity contribution in [2.24, 2.45) is 17.8 Å². The Morgan fingerprint density at radius 1 is 0.962 bits per heavy atom. The van der Waals surface area contributed by atoms with Gasteiger partial charge in [0, 0.05) is 11.6 Å². The second kappa shape index (κ2) is 9.17. The molecule has 26 heavy (non-hydrogen) atoms. The number of carbonyl (C=O) groups excluding carboxylic acids is 1. The molecule has 5 heteroatoms. The van der Waals surface area contributed by atoms with Crippen molar-refractivity contribution in [3.05, 3.63) is 29.8 Å². The van der Waals surface area contributed by atoms with Gasteiger partial charge in [0.05, 0.1) is 5.92 Å². The number of piperidine rings is 1. The Kier molecular flexibility index (Phi) is 6.67. The molecular weight excluding hydrogens is 328 g/mol. The summed E-state index contributed by atoms with van der Waals surface area (Å²) in [5.74, 6) is -0.222. The largest absolute Gasteiger partial charge is 0.481 e. The quantitative estimate of drug-likeness (QED) is 0.728. The van der Waals surface area contributed by atoms with Crippen LogP contribution in [0.25, 0.3) is 0 Å². The van der Waals surface area contributed by atoms with Crippen LogP contribution >= 0.6 is 0 Å². The molecule has 1 saturated heterocycles. The summed E-state index contributed by atoms with van der Waals surface area (Å²) in [6.07, 6.45) is 7.41. The Hall–Kier alpha value is -1.88. The molecule has 0 bridgehead atoms. The minimum atomic E-state index is -0.732. The fourth-order valence-corrected chi connectivity index (χ4v) is 4.14. The number of amides is 1. The number of nitrogens with one attached hydrogen (secondary N) is 2. The molecule has 0 spiro atoms. The molecule has 1 aliphatic heterocycles. The van der Waals surface area contributed by atoms with Gasteiger partial charge in [-0.05, 0) is 88.1 Å². The van der Waals surface area contributed by atoms with Crippen molar-refractivity contribution in [1.29, 1.82) is 0 Å². The number of carboxylic acid groups (broad SMARTS) is 1. The van der Waals surface area contributed by atoms with Crippen molar-refractivity contribution in [1.82, 2.24) is 5.32 Å². The van der Waals surface area contributed by atoms with Crippen LogP contribution in [-0.4, -0.2) is 30.1 Å². The Bertz CT molecular complexity index is 600. The number of carbonyl (C=O) groups is 2. The average Bonchev–Trinajstić information content (AvgIpc) is 2.68. The second-order valence-electron chi connectivity index (χ2n) is 7.81. The third kappa shape index (κ3) is 5.31. The van der Waals surface area contributed by atoms with E-state index in [1.54, 1.807) is 0 Å². The molecule has 0 atom stereocenters. The Morgan fingerprint density at radius 3 is 2.19 bits per heavy atom. The maximum Gasteiger partial charge on any atom is 0.306 e. The third-order valence-corrected chi connectivity index (χ3v) is 5.97. The topological polar surface area (TPSA) is 78.4 Å². The zero-order valence-electron chi connectivity index (χ0n) is 15.4. The lowest BCUT2D eigenvalue weighted by Gasteiger charge is -2.25. The van der Waals surface area contributed by atoms with Crippen molar-refractivity contribution in [3.8, 4) is 0 Å². The molecule has 3 N–H and O–H groups in total. The molecule has 2 aliphatic rings. The first kappa shape index (κ1) is 18.9. The molecule has 1 heterocycles. The highest BCUT2D eigenvalue weighted by Crippen LogP contribution is 2.30. The fourth-order valence-electron chi connectivity index (χ4n) is 4.14. The molecule has 1 amide bonds. The predicted molar refractivity (Wildman–Crippen MR) is 102 cm³/mol. The smallest absolute Gasteiger partial charge is 0.306 e. The van der Waals surface area contributed by atoms with Gasteiger partial charge in [-0.1, -0.05) is 12.1 Å². The molecule has 5 nitrogen and oxygen atoms in total. The van der Waals surface area contributed by atoms with E-state index in [9.17, 15) is 9.59 Å². The summed E-state index contributed by atoms with van der Waals surface area (Å²) in [7, 11) is 0. The summed E-state index contributed by atoms with van der Waals surface area (Å²) in [4.78, 5) is 23.4. The first-order valence-corrected chi connectivity index (χ1v) is 9.95. The lowest BCUT2D eigenvalue weighted by Crippen LogP contribution is -2.29. The van der Waals surface area contributed by atoms with Crippen LogP contribution in [0.1, 0.15) is 50.5 Å². The van der Waals surface area contributed by atoms with Crippen molar-refractivity contribution >= 4 is 17.6 Å². The second-order valence-corrected chi connectivity index (χ2v) is 7.81. The first-order valence-electron chi connectivity index (χ1n) is 9.95. The van der Waals surface area contributed by atoms with E-state index < -0.39 is 5.97 Å². The van der Waals surface area contributed by atoms with Crippen LogP contribution in [-0.2, 0) is 16.0 Å². The molecule has 1 saturated carbocycles. The fraction of sp³-hybridized carbons (Fsp3) is 0.619. The molecule has 142 valence electrons. The van der Waals surface area contributed by atoms with Crippen LogP contribution in [0.5, 0.6) is 0 Å². The van der Waals surface area contributed by atoms with E-state index >= 15 is 0 Å². The number of hydrogen-bond donors (Lipinski definition) is 3. The van der Waals surface area contributed by atoms with Crippen molar-refractivity contribution in [2.45, 2.75) is 51.4 Å². The summed E-state index contributed by atoms with van der Waals surface area (Å²) in [5, 5.41) is 15.4. The number of aryl methyl sites for hydroxylation is 1. The van der Waals surface area contributed by atoms with Crippen molar-refractivity contribution in [2.75, 3.05) is 18.4 Å². The van der Waals surface area contributed by atoms with E-state index in [1.807, 2.05) is 12.1 Å². The lowest BCUT2D eigenvalue weighted by atomic mass is 9.81. The van der Waals surface area contributed by atoms with Crippen LogP contribution in [0.3, 0.4) is 0 Å². The van der Waals surface area contributed by atoms with Gasteiger partial charge in [-0.25, -0.2) is 0 Å². The summed E-state index contributed by atoms with van der Waals surface area (Å²) in [6.45, 7) is 2.29. The Balaban J connectivity index is 1.43. The molecule has 3 rings (SSSR count). The molecule has 0 aromatic heterocycles. The minimum Gasteiger partial charge on any atom is -0.481 e. The third-order valence-electron chi connectivity index (χ3n) is 5.97. The van der Waals surface area contributed by atoms with E-state index in [0.717, 1.165) is 31.1 Å². The highest BCUT2D eigenvalue weighted by atomic mass is 16.4. The van der Waals surface area contributed by atoms with Gasteiger partial charge >= 0.3 is 5.97 Å². The summed E-state index contributed by atoms with van der Waals surface area (Å²) in [6, 6.07) is 8.19. The van der Waals surface area contributed by atoms with Crippen molar-refractivity contribution in [3.63, 3.8) is 0 Å². The Labute approximate surface area is 155 Å². The number of rotatable bonds is 6. The lowest BCUT2D eigenvalue weighted by molar-refractivity contribution is -0.143. The van der Waals surface area contributed by atoms with E-state index in [-0.39, 0.29) is 17.7 Å². The van der Waals surface area contributed by atoms with Gasteiger partial charge in [0.25, 0.3) is 0 Å². The first-order chi connectivity index (χ1) is 12.6. The molecule has 2 fully saturated rings. The summed E-state index contributed by atoms with van der Waals surface area (Å²) >= 11 is 0. The Morgan fingerprint density at radius 2 is 1.58 bits per heavy atom. The maximum absolute atomic E-state index is 12.4. The van der Waals surface area contributed by atoms with E-state index in [0.29, 0.717) is 25.7 Å². The maximum atomic E-state index is 12.4. The van der Waals surface area contributed by atoms with Gasteiger partial charge in [0.1, 0.15) is 0 Å². The SMILES string of the molecule is O=C(O)[C@H]1CC[C@H](C(=O)Nc2ccc(CCC3CCNCC3)cc2)CC1. The van der Waals surface area contributed by atoms with Crippen LogP contribution in [0.15, 0.2) is 24.3 Å². The van der Waals surface area contributed by atoms with Crippen molar-refractivity contribution < 1.29 is 14.7 Å². The van der Waals surface area contributed by atoms with Crippen LogP contribution in [0.4, 0.5) is 5.69 Å². The minimum absolute atomic E-state index is 0.0243. The zero-order chi connectivity index (χ0) is 18.4. The van der Waals surface area contributed by atoms with E-state index in [1.165, 1.54) is 24.8 Å². The molecule has 1 aliphatic carbocycles. The zero-order valence-corrected chi connectivity index (χ0v) is 15.4. The van der Waals surface area contributed by atoms with Gasteiger partial charge in [-0.3, -0.25) is 9.59 Å². The van der Waals surface area contributed by atoms with Gasteiger partial charge in [-0.15, -0.1) is 0 Å². The van der Waals surface area contributed by atoms with Crippen LogP contribution in [0.2, 0.25) is 0 Å². The highest BCUT2D eigenvalue weighted by Gasteiger charge is 2.29. The highest BCUT2D eigenvalue weighted by molar-refractivity contribution is 5.92. The van der Waals surface area contributed by atoms with Crippen LogP contribution < -0.4 is 10.6 Å². The standard InChI is InChI=1S/C21H30N2O3/c24-20(17-5-7-18(8-6-17)21(25)26)23-19-9-3-15(4-10-19)1-2-16-11-13-22-14-12-16/h3-4,9-10,16-18,22H,1-2,5-8,11-14H2,(H,23,24)(H,25,26)/t17-,18-. The number of benzene rings is 1. The summed E-state index contributed by atoms with van der Waals surface area (Å²) < 4.78 is 0. The normalized spacial score (nSPS) is 24.2. The monoisotopic (exact) mass is 358 g/mol. The molecule has 1 aromatic carbocycles. The summed E-state index contributed by atoms with van der Waals surface area (Å²) in [5.41, 5.74) is 2.16. The van der Waals surface area contributed by atoms with Gasteiger partial charge in [0.2, 0.25) is 5.91 Å². The van der Waals surface area contributed by atoms with Gasteiger partial charge in [0.15, 0.2) is 0 Å². The molecular formula is C21H30N2O3. The van der Waals surface area contributed by atoms with E-state index in [2.05, 4.69) is 22.8 Å². The molecule has 1 aromatic rings. The molecule has 0 radical (unpaired) electrons. The number of anilines is 1. The number of aliphatic carboxylic acids is 1. The van der Waals surface area contributed by atoms with Gasteiger partial charge in [-0.2, -0.15) is 0 Å². The average molecular weight is 358 g/mol. The van der Waals surface area contributed by atoms with E-state index in [4.69, 9.17) is 5.11 Å². The van der Waals surface area contributed by atoms with Gasteiger partial charge < -0.3 is 15.7 Å². The van der Waals surface area contributed by atoms with Crippen LogP contribution in [0, 0.1) is 17.8 Å².